The Morgan fingerprint density at radius 1 is 1.00 bits per heavy atom. The third-order valence-electron chi connectivity index (χ3n) is 2.50. The van der Waals surface area contributed by atoms with Crippen molar-refractivity contribution >= 4 is 17.5 Å². The number of hydrogen-bond donors (Lipinski definition) is 2. The highest BCUT2D eigenvalue weighted by molar-refractivity contribution is 5.59. The summed E-state index contributed by atoms with van der Waals surface area (Å²) < 4.78 is 0. The number of hydrogen-bond acceptors (Lipinski definition) is 4. The number of nitrogens with one attached hydrogen (secondary N) is 2. The molecular formula is C17H26N4. The van der Waals surface area contributed by atoms with Crippen LogP contribution in [-0.2, 0) is 0 Å². The van der Waals surface area contributed by atoms with Gasteiger partial charge >= 0.3 is 0 Å². The van der Waals surface area contributed by atoms with Crippen molar-refractivity contribution in [2.24, 2.45) is 0 Å². The Balaban J connectivity index is 0.00000106. The predicted octanol–water partition coefficient (Wildman–Crippen LogP) is 4.77. The van der Waals surface area contributed by atoms with E-state index < -0.39 is 0 Å². The minimum absolute atomic E-state index is 0.0563. The molecule has 0 saturated heterocycles. The van der Waals surface area contributed by atoms with Crippen molar-refractivity contribution in [1.82, 2.24) is 9.97 Å². The summed E-state index contributed by atoms with van der Waals surface area (Å²) in [5.41, 5.74) is 1.98. The van der Waals surface area contributed by atoms with Crippen LogP contribution in [0.3, 0.4) is 0 Å². The standard InChI is InChI=1S/C15H20N4.C2H6/c1-11-10-16-14(19-15(2,3)4)18-13(11)17-12-8-6-5-7-9-12;1-2/h5-10H,1-4H3,(H2,16,17,18,19);1-2H3. The summed E-state index contributed by atoms with van der Waals surface area (Å²) in [6.07, 6.45) is 1.83. The highest BCUT2D eigenvalue weighted by Gasteiger charge is 2.12. The molecule has 1 aromatic heterocycles. The lowest BCUT2D eigenvalue weighted by molar-refractivity contribution is 0.626. The first-order valence-electron chi connectivity index (χ1n) is 7.38. The molecule has 2 aromatic rings. The van der Waals surface area contributed by atoms with E-state index in [0.717, 1.165) is 17.1 Å². The topological polar surface area (TPSA) is 49.8 Å². The highest BCUT2D eigenvalue weighted by atomic mass is 15.2. The van der Waals surface area contributed by atoms with E-state index in [0.29, 0.717) is 5.95 Å². The Kier molecular flexibility index (Phi) is 6.15. The maximum atomic E-state index is 4.52. The first-order chi connectivity index (χ1) is 9.94. The van der Waals surface area contributed by atoms with Gasteiger partial charge in [-0.3, -0.25) is 0 Å². The van der Waals surface area contributed by atoms with E-state index in [4.69, 9.17) is 0 Å². The van der Waals surface area contributed by atoms with Gasteiger partial charge in [-0.2, -0.15) is 4.98 Å². The van der Waals surface area contributed by atoms with Crippen molar-refractivity contribution in [3.63, 3.8) is 0 Å². The molecule has 0 aliphatic heterocycles. The Labute approximate surface area is 128 Å². The third kappa shape index (κ3) is 5.81. The number of benzene rings is 1. The molecule has 1 aromatic carbocycles. The lowest BCUT2D eigenvalue weighted by Gasteiger charge is -2.21. The summed E-state index contributed by atoms with van der Waals surface area (Å²) in [6.45, 7) is 12.2. The van der Waals surface area contributed by atoms with E-state index in [2.05, 4.69) is 41.4 Å². The second kappa shape index (κ2) is 7.62. The van der Waals surface area contributed by atoms with Crippen molar-refractivity contribution in [2.45, 2.75) is 47.1 Å². The summed E-state index contributed by atoms with van der Waals surface area (Å²) in [7, 11) is 0. The number of rotatable bonds is 3. The van der Waals surface area contributed by atoms with Crippen molar-refractivity contribution in [1.29, 1.82) is 0 Å². The van der Waals surface area contributed by atoms with Gasteiger partial charge in [-0.05, 0) is 39.8 Å². The summed E-state index contributed by atoms with van der Waals surface area (Å²) in [5.74, 6) is 1.46. The molecule has 0 radical (unpaired) electrons. The van der Waals surface area contributed by atoms with Crippen LogP contribution in [0.4, 0.5) is 17.5 Å². The van der Waals surface area contributed by atoms with Gasteiger partial charge < -0.3 is 10.6 Å². The van der Waals surface area contributed by atoms with Gasteiger partial charge in [0.1, 0.15) is 5.82 Å². The first kappa shape index (κ1) is 17.0. The zero-order valence-electron chi connectivity index (χ0n) is 13.9. The fraction of sp³-hybridized carbons (Fsp3) is 0.412. The van der Waals surface area contributed by atoms with E-state index >= 15 is 0 Å². The van der Waals surface area contributed by atoms with E-state index in [1.807, 2.05) is 57.3 Å². The van der Waals surface area contributed by atoms with Crippen LogP contribution < -0.4 is 10.6 Å². The van der Waals surface area contributed by atoms with Crippen molar-refractivity contribution in [3.8, 4) is 0 Å². The maximum absolute atomic E-state index is 4.52. The summed E-state index contributed by atoms with van der Waals surface area (Å²) in [6, 6.07) is 10.0. The number of para-hydroxylation sites is 1. The molecule has 0 spiro atoms. The maximum Gasteiger partial charge on any atom is 0.225 e. The molecule has 0 fully saturated rings. The number of aryl methyl sites for hydroxylation is 1. The normalized spacial score (nSPS) is 10.4. The predicted molar refractivity (Wildman–Crippen MR) is 91.2 cm³/mol. The van der Waals surface area contributed by atoms with Gasteiger partial charge in [0.25, 0.3) is 0 Å². The number of nitrogens with zero attached hydrogens (tertiary/aromatic N) is 2. The summed E-state index contributed by atoms with van der Waals surface area (Å²) >= 11 is 0. The van der Waals surface area contributed by atoms with Crippen LogP contribution in [0.1, 0.15) is 40.2 Å². The lowest BCUT2D eigenvalue weighted by atomic mass is 10.1. The molecule has 0 amide bonds. The number of anilines is 3. The second-order valence-corrected chi connectivity index (χ2v) is 5.59. The second-order valence-electron chi connectivity index (χ2n) is 5.59. The molecule has 0 bridgehead atoms. The van der Waals surface area contributed by atoms with Gasteiger partial charge in [0.2, 0.25) is 5.95 Å². The van der Waals surface area contributed by atoms with Gasteiger partial charge in [-0.15, -0.1) is 0 Å². The fourth-order valence-electron chi connectivity index (χ4n) is 1.62. The van der Waals surface area contributed by atoms with Crippen molar-refractivity contribution < 1.29 is 0 Å². The number of aromatic nitrogens is 2. The molecule has 0 aliphatic carbocycles. The smallest absolute Gasteiger partial charge is 0.225 e. The fourth-order valence-corrected chi connectivity index (χ4v) is 1.62. The third-order valence-corrected chi connectivity index (χ3v) is 2.50. The molecule has 0 aliphatic rings. The van der Waals surface area contributed by atoms with Crippen LogP contribution in [0.15, 0.2) is 36.5 Å². The van der Waals surface area contributed by atoms with Gasteiger partial charge in [0.05, 0.1) is 0 Å². The van der Waals surface area contributed by atoms with Crippen LogP contribution in [-0.4, -0.2) is 15.5 Å². The monoisotopic (exact) mass is 286 g/mol. The largest absolute Gasteiger partial charge is 0.350 e. The Hall–Kier alpha value is -2.10. The highest BCUT2D eigenvalue weighted by Crippen LogP contribution is 2.19. The summed E-state index contributed by atoms with van der Waals surface area (Å²) in [5, 5.41) is 6.58. The molecule has 2 rings (SSSR count). The van der Waals surface area contributed by atoms with Crippen molar-refractivity contribution in [3.05, 3.63) is 42.1 Å². The molecular weight excluding hydrogens is 260 g/mol. The molecule has 0 atom stereocenters. The zero-order chi connectivity index (χ0) is 15.9. The van der Waals surface area contributed by atoms with Crippen LogP contribution in [0.5, 0.6) is 0 Å². The molecule has 4 heteroatoms. The van der Waals surface area contributed by atoms with Crippen molar-refractivity contribution in [2.75, 3.05) is 10.6 Å². The molecule has 4 nitrogen and oxygen atoms in total. The quantitative estimate of drug-likeness (QED) is 0.853. The Morgan fingerprint density at radius 3 is 2.19 bits per heavy atom. The van der Waals surface area contributed by atoms with E-state index in [1.54, 1.807) is 0 Å². The van der Waals surface area contributed by atoms with Gasteiger partial charge in [0.15, 0.2) is 0 Å². The van der Waals surface area contributed by atoms with E-state index in [-0.39, 0.29) is 5.54 Å². The van der Waals surface area contributed by atoms with Gasteiger partial charge in [-0.1, -0.05) is 32.0 Å². The van der Waals surface area contributed by atoms with Gasteiger partial charge in [-0.25, -0.2) is 4.98 Å². The Morgan fingerprint density at radius 2 is 1.62 bits per heavy atom. The minimum Gasteiger partial charge on any atom is -0.350 e. The van der Waals surface area contributed by atoms with Gasteiger partial charge in [0, 0.05) is 23.0 Å². The molecule has 2 N–H and O–H groups in total. The van der Waals surface area contributed by atoms with Crippen LogP contribution in [0.25, 0.3) is 0 Å². The molecule has 114 valence electrons. The van der Waals surface area contributed by atoms with E-state index in [9.17, 15) is 0 Å². The van der Waals surface area contributed by atoms with Crippen LogP contribution in [0.2, 0.25) is 0 Å². The van der Waals surface area contributed by atoms with E-state index in [1.165, 1.54) is 0 Å². The van der Waals surface area contributed by atoms with Crippen LogP contribution in [0, 0.1) is 6.92 Å². The zero-order valence-corrected chi connectivity index (χ0v) is 13.9. The Bertz CT molecular complexity index is 544. The lowest BCUT2D eigenvalue weighted by Crippen LogP contribution is -2.27. The average Bonchev–Trinajstić information content (AvgIpc) is 2.44. The molecule has 21 heavy (non-hydrogen) atoms. The van der Waals surface area contributed by atoms with Crippen LogP contribution >= 0.6 is 0 Å². The summed E-state index contributed by atoms with van der Waals surface area (Å²) in [4.78, 5) is 8.82. The molecule has 0 unspecified atom stereocenters. The molecule has 1 heterocycles. The first-order valence-corrected chi connectivity index (χ1v) is 7.38. The minimum atomic E-state index is -0.0563. The SMILES string of the molecule is CC.Cc1cnc(NC(C)(C)C)nc1Nc1ccccc1. The average molecular weight is 286 g/mol. The molecule has 0 saturated carbocycles.